The molecule has 2 N–H and O–H groups in total. The van der Waals surface area contributed by atoms with E-state index in [0.717, 1.165) is 16.8 Å². The summed E-state index contributed by atoms with van der Waals surface area (Å²) in [5, 5.41) is 12.1. The third-order valence-corrected chi connectivity index (χ3v) is 3.92. The molecule has 0 aliphatic carbocycles. The molecule has 0 bridgehead atoms. The highest BCUT2D eigenvalue weighted by atomic mass is 35.5. The van der Waals surface area contributed by atoms with E-state index in [4.69, 9.17) is 11.6 Å². The minimum atomic E-state index is -0.261. The summed E-state index contributed by atoms with van der Waals surface area (Å²) in [7, 11) is 0. The Morgan fingerprint density at radius 1 is 1.09 bits per heavy atom. The van der Waals surface area contributed by atoms with Crippen molar-refractivity contribution in [3.05, 3.63) is 64.5 Å². The average molecular weight is 345 g/mol. The van der Waals surface area contributed by atoms with E-state index in [1.807, 2.05) is 41.8 Å². The van der Waals surface area contributed by atoms with Gasteiger partial charge in [-0.15, -0.1) is 5.10 Å². The minimum Gasteiger partial charge on any atom is -0.334 e. The van der Waals surface area contributed by atoms with Gasteiger partial charge in [-0.25, -0.2) is 4.79 Å². The summed E-state index contributed by atoms with van der Waals surface area (Å²) in [5.74, 6) is 0. The predicted molar refractivity (Wildman–Crippen MR) is 92.7 cm³/mol. The van der Waals surface area contributed by atoms with Gasteiger partial charge in [0.2, 0.25) is 0 Å². The summed E-state index contributed by atoms with van der Waals surface area (Å²) in [6, 6.07) is 14.5. The Morgan fingerprint density at radius 2 is 1.83 bits per heavy atom. The summed E-state index contributed by atoms with van der Waals surface area (Å²) >= 11 is 7.13. The number of benzene rings is 2. The molecule has 3 rings (SSSR count). The van der Waals surface area contributed by atoms with E-state index in [0.29, 0.717) is 17.3 Å². The molecule has 116 valence electrons. The van der Waals surface area contributed by atoms with Crippen molar-refractivity contribution >= 4 is 34.9 Å². The number of hydrogen-bond acceptors (Lipinski definition) is 4. The van der Waals surface area contributed by atoms with Crippen LogP contribution in [0.5, 0.6) is 0 Å². The van der Waals surface area contributed by atoms with Gasteiger partial charge in [0.05, 0.1) is 0 Å². The third-order valence-electron chi connectivity index (χ3n) is 3.16. The molecule has 0 saturated heterocycles. The summed E-state index contributed by atoms with van der Waals surface area (Å²) in [5.41, 5.74) is 3.49. The maximum absolute atomic E-state index is 11.9. The van der Waals surface area contributed by atoms with Crippen molar-refractivity contribution in [1.82, 2.24) is 14.9 Å². The van der Waals surface area contributed by atoms with Crippen molar-refractivity contribution in [3.8, 4) is 11.3 Å². The normalized spacial score (nSPS) is 10.3. The molecule has 0 aliphatic heterocycles. The molecule has 0 saturated carbocycles. The minimum absolute atomic E-state index is 0.261. The number of rotatable bonds is 4. The van der Waals surface area contributed by atoms with Gasteiger partial charge in [-0.2, -0.15) is 0 Å². The predicted octanol–water partition coefficient (Wildman–Crippen LogP) is 4.18. The highest BCUT2D eigenvalue weighted by molar-refractivity contribution is 7.03. The summed E-state index contributed by atoms with van der Waals surface area (Å²) in [6.45, 7) is 0.436. The van der Waals surface area contributed by atoms with E-state index >= 15 is 0 Å². The van der Waals surface area contributed by atoms with Gasteiger partial charge in [0, 0.05) is 28.2 Å². The van der Waals surface area contributed by atoms with E-state index in [1.165, 1.54) is 11.5 Å². The molecule has 2 amide bonds. The molecular weight excluding hydrogens is 332 g/mol. The van der Waals surface area contributed by atoms with Crippen LogP contribution in [0.15, 0.2) is 53.9 Å². The SMILES string of the molecule is O=C(NCc1ccc(Cl)cc1)Nc1ccc(-c2csnn2)cc1. The van der Waals surface area contributed by atoms with Crippen molar-refractivity contribution in [1.29, 1.82) is 0 Å². The Morgan fingerprint density at radius 3 is 2.48 bits per heavy atom. The first-order valence-electron chi connectivity index (χ1n) is 6.87. The van der Waals surface area contributed by atoms with Crippen LogP contribution in [0.3, 0.4) is 0 Å². The molecule has 0 radical (unpaired) electrons. The van der Waals surface area contributed by atoms with Crippen molar-refractivity contribution in [2.75, 3.05) is 5.32 Å². The van der Waals surface area contributed by atoms with Crippen LogP contribution in [0, 0.1) is 0 Å². The Balaban J connectivity index is 1.54. The Kier molecular flexibility index (Phi) is 4.85. The number of carbonyl (C=O) groups is 1. The average Bonchev–Trinajstić information content (AvgIpc) is 3.09. The zero-order valence-electron chi connectivity index (χ0n) is 12.0. The fourth-order valence-electron chi connectivity index (χ4n) is 1.97. The van der Waals surface area contributed by atoms with Gasteiger partial charge >= 0.3 is 6.03 Å². The van der Waals surface area contributed by atoms with Crippen LogP contribution in [0.2, 0.25) is 5.02 Å². The molecule has 1 aromatic heterocycles. The molecule has 7 heteroatoms. The standard InChI is InChI=1S/C16H13ClN4OS/c17-13-5-1-11(2-6-13)9-18-16(22)19-14-7-3-12(4-8-14)15-10-23-21-20-15/h1-8,10H,9H2,(H2,18,19,22). The molecule has 0 aliphatic rings. The van der Waals surface area contributed by atoms with E-state index in [-0.39, 0.29) is 6.03 Å². The van der Waals surface area contributed by atoms with Gasteiger partial charge in [-0.3, -0.25) is 0 Å². The van der Waals surface area contributed by atoms with Crippen molar-refractivity contribution in [2.45, 2.75) is 6.54 Å². The lowest BCUT2D eigenvalue weighted by molar-refractivity contribution is 0.251. The van der Waals surface area contributed by atoms with E-state index < -0.39 is 0 Å². The lowest BCUT2D eigenvalue weighted by atomic mass is 10.1. The van der Waals surface area contributed by atoms with Crippen LogP contribution in [0.1, 0.15) is 5.56 Å². The largest absolute Gasteiger partial charge is 0.334 e. The van der Waals surface area contributed by atoms with Crippen molar-refractivity contribution in [3.63, 3.8) is 0 Å². The number of carbonyl (C=O) groups excluding carboxylic acids is 1. The zero-order valence-corrected chi connectivity index (χ0v) is 13.6. The smallest absolute Gasteiger partial charge is 0.319 e. The number of amides is 2. The first-order chi connectivity index (χ1) is 11.2. The fraction of sp³-hybridized carbons (Fsp3) is 0.0625. The van der Waals surface area contributed by atoms with E-state index in [2.05, 4.69) is 20.2 Å². The highest BCUT2D eigenvalue weighted by Crippen LogP contribution is 2.20. The molecule has 0 fully saturated rings. The number of aromatic nitrogens is 2. The molecular formula is C16H13ClN4OS. The zero-order chi connectivity index (χ0) is 16.1. The molecule has 23 heavy (non-hydrogen) atoms. The van der Waals surface area contributed by atoms with Gasteiger partial charge in [0.25, 0.3) is 0 Å². The third kappa shape index (κ3) is 4.28. The van der Waals surface area contributed by atoms with Gasteiger partial charge in [0.15, 0.2) is 0 Å². The van der Waals surface area contributed by atoms with Crippen LogP contribution < -0.4 is 10.6 Å². The molecule has 2 aromatic carbocycles. The van der Waals surface area contributed by atoms with Gasteiger partial charge in [-0.05, 0) is 41.4 Å². The lowest BCUT2D eigenvalue weighted by Gasteiger charge is -2.08. The molecule has 5 nitrogen and oxygen atoms in total. The van der Waals surface area contributed by atoms with Crippen molar-refractivity contribution < 1.29 is 4.79 Å². The monoisotopic (exact) mass is 344 g/mol. The second-order valence-corrected chi connectivity index (χ2v) is 5.85. The second kappa shape index (κ2) is 7.21. The summed E-state index contributed by atoms with van der Waals surface area (Å²) in [6.07, 6.45) is 0. The van der Waals surface area contributed by atoms with E-state index in [9.17, 15) is 4.79 Å². The van der Waals surface area contributed by atoms with Crippen LogP contribution in [0.4, 0.5) is 10.5 Å². The number of urea groups is 1. The Bertz CT molecular complexity index is 773. The first-order valence-corrected chi connectivity index (χ1v) is 8.09. The van der Waals surface area contributed by atoms with Crippen LogP contribution in [0.25, 0.3) is 11.3 Å². The first kappa shape index (κ1) is 15.5. The van der Waals surface area contributed by atoms with Crippen LogP contribution in [-0.4, -0.2) is 15.6 Å². The summed E-state index contributed by atoms with van der Waals surface area (Å²) < 4.78 is 3.83. The van der Waals surface area contributed by atoms with Gasteiger partial charge in [0.1, 0.15) is 5.69 Å². The highest BCUT2D eigenvalue weighted by Gasteiger charge is 2.04. The fourth-order valence-corrected chi connectivity index (χ4v) is 2.57. The van der Waals surface area contributed by atoms with Gasteiger partial charge < -0.3 is 10.6 Å². The number of nitrogens with zero attached hydrogens (tertiary/aromatic N) is 2. The molecule has 3 aromatic rings. The lowest BCUT2D eigenvalue weighted by Crippen LogP contribution is -2.28. The quantitative estimate of drug-likeness (QED) is 0.746. The number of halogens is 1. The Hall–Kier alpha value is -2.44. The topological polar surface area (TPSA) is 66.9 Å². The molecule has 1 heterocycles. The van der Waals surface area contributed by atoms with E-state index in [1.54, 1.807) is 12.1 Å². The molecule has 0 spiro atoms. The summed E-state index contributed by atoms with van der Waals surface area (Å²) in [4.78, 5) is 11.9. The molecule has 0 unspecified atom stereocenters. The van der Waals surface area contributed by atoms with Crippen LogP contribution in [-0.2, 0) is 6.54 Å². The molecule has 0 atom stereocenters. The number of anilines is 1. The van der Waals surface area contributed by atoms with Crippen molar-refractivity contribution in [2.24, 2.45) is 0 Å². The maximum Gasteiger partial charge on any atom is 0.319 e. The Labute approximate surface area is 142 Å². The maximum atomic E-state index is 11.9. The van der Waals surface area contributed by atoms with Gasteiger partial charge in [-0.1, -0.05) is 40.4 Å². The second-order valence-electron chi connectivity index (χ2n) is 4.80. The van der Waals surface area contributed by atoms with Crippen LogP contribution >= 0.6 is 23.1 Å². The number of nitrogens with one attached hydrogen (secondary N) is 2. The number of hydrogen-bond donors (Lipinski definition) is 2.